The molecule has 0 bridgehead atoms. The molecular weight excluding hydrogens is 274 g/mol. The van der Waals surface area contributed by atoms with E-state index < -0.39 is 6.09 Å². The molecule has 0 radical (unpaired) electrons. The Labute approximate surface area is 127 Å². The third kappa shape index (κ3) is 19.1. The highest BCUT2D eigenvalue weighted by molar-refractivity contribution is 5.64. The van der Waals surface area contributed by atoms with Gasteiger partial charge in [0, 0.05) is 45.8 Å². The maximum Gasteiger partial charge on any atom is 0.404 e. The molecule has 6 N–H and O–H groups in total. The second kappa shape index (κ2) is 17.1. The lowest BCUT2D eigenvalue weighted by Crippen LogP contribution is -2.34. The predicted molar refractivity (Wildman–Crippen MR) is 83.7 cm³/mol. The van der Waals surface area contributed by atoms with Gasteiger partial charge < -0.3 is 31.1 Å². The van der Waals surface area contributed by atoms with Crippen molar-refractivity contribution in [2.24, 2.45) is 0 Å². The topological polar surface area (TPSA) is 107 Å². The number of amides is 1. The lowest BCUT2D eigenvalue weighted by atomic mass is 10.4. The number of rotatable bonds is 16. The minimum Gasteiger partial charge on any atom is -0.465 e. The van der Waals surface area contributed by atoms with Gasteiger partial charge in [0.15, 0.2) is 0 Å². The van der Waals surface area contributed by atoms with E-state index in [1.165, 1.54) is 6.42 Å². The van der Waals surface area contributed by atoms with Crippen molar-refractivity contribution in [1.29, 1.82) is 0 Å². The zero-order valence-electron chi connectivity index (χ0n) is 13.0. The van der Waals surface area contributed by atoms with E-state index in [4.69, 9.17) is 9.84 Å². The first kappa shape index (κ1) is 20.1. The zero-order valence-corrected chi connectivity index (χ0v) is 13.0. The maximum absolute atomic E-state index is 10.2. The van der Waals surface area contributed by atoms with Gasteiger partial charge in [-0.1, -0.05) is 6.92 Å². The van der Waals surface area contributed by atoms with Crippen molar-refractivity contribution in [3.63, 3.8) is 0 Å². The summed E-state index contributed by atoms with van der Waals surface area (Å²) in [4.78, 5) is 10.2. The molecule has 0 aromatic carbocycles. The van der Waals surface area contributed by atoms with Gasteiger partial charge in [-0.05, 0) is 13.0 Å². The van der Waals surface area contributed by atoms with Crippen LogP contribution in [-0.2, 0) is 4.74 Å². The minimum absolute atomic E-state index is 0.409. The second-order valence-electron chi connectivity index (χ2n) is 4.53. The van der Waals surface area contributed by atoms with Gasteiger partial charge in [0.05, 0.1) is 13.3 Å². The highest BCUT2D eigenvalue weighted by Gasteiger charge is 1.93. The number of ether oxygens (including phenoxy) is 1. The molecule has 0 rings (SSSR count). The Kier molecular flexibility index (Phi) is 16.4. The Morgan fingerprint density at radius 1 is 0.857 bits per heavy atom. The summed E-state index contributed by atoms with van der Waals surface area (Å²) in [6.07, 6.45) is 0.177. The molecule has 21 heavy (non-hydrogen) atoms. The smallest absolute Gasteiger partial charge is 0.404 e. The molecule has 0 aromatic rings. The van der Waals surface area contributed by atoms with E-state index in [0.717, 1.165) is 32.7 Å². The molecule has 0 heterocycles. The molecule has 0 aliphatic carbocycles. The van der Waals surface area contributed by atoms with Gasteiger partial charge in [-0.25, -0.2) is 4.79 Å². The summed E-state index contributed by atoms with van der Waals surface area (Å²) >= 11 is 0. The SMILES string of the molecule is CCCNCCNCCNCOCCNCCNC(=O)O. The summed E-state index contributed by atoms with van der Waals surface area (Å²) < 4.78 is 5.37. The second-order valence-corrected chi connectivity index (χ2v) is 4.53. The monoisotopic (exact) mass is 305 g/mol. The van der Waals surface area contributed by atoms with E-state index in [2.05, 4.69) is 33.5 Å². The van der Waals surface area contributed by atoms with E-state index in [9.17, 15) is 4.79 Å². The van der Waals surface area contributed by atoms with Crippen LogP contribution in [0.15, 0.2) is 0 Å². The predicted octanol–water partition coefficient (Wildman–Crippen LogP) is -1.00. The van der Waals surface area contributed by atoms with Crippen LogP contribution in [0.1, 0.15) is 13.3 Å². The summed E-state index contributed by atoms with van der Waals surface area (Å²) in [6, 6.07) is 0. The highest BCUT2D eigenvalue weighted by Crippen LogP contribution is 1.71. The van der Waals surface area contributed by atoms with Crippen LogP contribution in [-0.4, -0.2) is 76.9 Å². The van der Waals surface area contributed by atoms with Crippen molar-refractivity contribution in [2.45, 2.75) is 13.3 Å². The van der Waals surface area contributed by atoms with Crippen LogP contribution in [0.3, 0.4) is 0 Å². The Hall–Kier alpha value is -0.930. The lowest BCUT2D eigenvalue weighted by molar-refractivity contribution is 0.119. The van der Waals surface area contributed by atoms with Crippen LogP contribution in [0.2, 0.25) is 0 Å². The Morgan fingerprint density at radius 3 is 2.10 bits per heavy atom. The Morgan fingerprint density at radius 2 is 1.43 bits per heavy atom. The molecule has 0 spiro atoms. The van der Waals surface area contributed by atoms with Crippen molar-refractivity contribution < 1.29 is 14.6 Å². The van der Waals surface area contributed by atoms with Crippen molar-refractivity contribution in [3.05, 3.63) is 0 Å². The highest BCUT2D eigenvalue weighted by atomic mass is 16.5. The average molecular weight is 305 g/mol. The molecular formula is C13H31N5O3. The van der Waals surface area contributed by atoms with Gasteiger partial charge >= 0.3 is 6.09 Å². The van der Waals surface area contributed by atoms with Crippen molar-refractivity contribution in [3.8, 4) is 0 Å². The fourth-order valence-corrected chi connectivity index (χ4v) is 1.52. The van der Waals surface area contributed by atoms with Crippen LogP contribution in [0.25, 0.3) is 0 Å². The molecule has 126 valence electrons. The number of nitrogens with one attached hydrogen (secondary N) is 5. The summed E-state index contributed by atoms with van der Waals surface area (Å²) in [6.45, 7) is 9.90. The Bertz CT molecular complexity index is 232. The summed E-state index contributed by atoms with van der Waals surface area (Å²) in [5.41, 5.74) is 0. The minimum atomic E-state index is -0.994. The normalized spacial score (nSPS) is 10.7. The van der Waals surface area contributed by atoms with E-state index >= 15 is 0 Å². The number of hydrogen-bond acceptors (Lipinski definition) is 6. The maximum atomic E-state index is 10.2. The molecule has 1 amide bonds. The van der Waals surface area contributed by atoms with E-state index in [1.807, 2.05) is 0 Å². The van der Waals surface area contributed by atoms with Gasteiger partial charge in [0.2, 0.25) is 0 Å². The van der Waals surface area contributed by atoms with Crippen LogP contribution in [0, 0.1) is 0 Å². The van der Waals surface area contributed by atoms with E-state index in [0.29, 0.717) is 33.0 Å². The van der Waals surface area contributed by atoms with E-state index in [1.54, 1.807) is 0 Å². The van der Waals surface area contributed by atoms with Crippen molar-refractivity contribution in [1.82, 2.24) is 26.6 Å². The summed E-state index contributed by atoms with van der Waals surface area (Å²) in [5.74, 6) is 0. The number of carbonyl (C=O) groups is 1. The fraction of sp³-hybridized carbons (Fsp3) is 0.923. The van der Waals surface area contributed by atoms with Gasteiger partial charge in [-0.3, -0.25) is 5.32 Å². The molecule has 0 saturated heterocycles. The van der Waals surface area contributed by atoms with Crippen molar-refractivity contribution in [2.75, 3.05) is 65.7 Å². The summed E-state index contributed by atoms with van der Waals surface area (Å²) in [7, 11) is 0. The molecule has 8 nitrogen and oxygen atoms in total. The lowest BCUT2D eigenvalue weighted by Gasteiger charge is -2.08. The van der Waals surface area contributed by atoms with Crippen LogP contribution in [0.5, 0.6) is 0 Å². The van der Waals surface area contributed by atoms with Crippen LogP contribution < -0.4 is 26.6 Å². The molecule has 0 aliphatic heterocycles. The van der Waals surface area contributed by atoms with Crippen LogP contribution in [0.4, 0.5) is 4.79 Å². The third-order valence-electron chi connectivity index (χ3n) is 2.59. The molecule has 0 fully saturated rings. The largest absolute Gasteiger partial charge is 0.465 e. The van der Waals surface area contributed by atoms with Gasteiger partial charge in [-0.15, -0.1) is 0 Å². The first-order valence-electron chi connectivity index (χ1n) is 7.64. The first-order chi connectivity index (χ1) is 10.3. The first-order valence-corrected chi connectivity index (χ1v) is 7.64. The van der Waals surface area contributed by atoms with Crippen LogP contribution >= 0.6 is 0 Å². The molecule has 0 unspecified atom stereocenters. The molecule has 8 heteroatoms. The molecule has 0 aromatic heterocycles. The third-order valence-corrected chi connectivity index (χ3v) is 2.59. The summed E-state index contributed by atoms with van der Waals surface area (Å²) in [5, 5.41) is 23.6. The zero-order chi connectivity index (χ0) is 15.6. The molecule has 0 saturated carbocycles. The van der Waals surface area contributed by atoms with Crippen molar-refractivity contribution >= 4 is 6.09 Å². The fourth-order valence-electron chi connectivity index (χ4n) is 1.52. The average Bonchev–Trinajstić information content (AvgIpc) is 2.46. The molecule has 0 atom stereocenters. The Balaban J connectivity index is 2.95. The van der Waals surface area contributed by atoms with Gasteiger partial charge in [0.1, 0.15) is 0 Å². The van der Waals surface area contributed by atoms with Gasteiger partial charge in [-0.2, -0.15) is 0 Å². The number of carboxylic acid groups (broad SMARTS) is 1. The standard InChI is InChI=1S/C13H31N5O3/c1-2-3-14-4-5-15-6-7-17-12-21-11-10-16-8-9-18-13(19)20/h14-18H,2-12H2,1H3,(H,19,20). The molecule has 0 aliphatic rings. The van der Waals surface area contributed by atoms with E-state index in [-0.39, 0.29) is 0 Å². The number of hydrogen-bond donors (Lipinski definition) is 6. The van der Waals surface area contributed by atoms with Gasteiger partial charge in [0.25, 0.3) is 0 Å². The quantitative estimate of drug-likeness (QED) is 0.160.